The molecule has 0 saturated carbocycles. The fourth-order valence-electron chi connectivity index (χ4n) is 1.90. The molecule has 0 aliphatic carbocycles. The highest BCUT2D eigenvalue weighted by molar-refractivity contribution is 4.86. The molecule has 1 aliphatic heterocycles. The fraction of sp³-hybridized carbons (Fsp3) is 0.800. The molecule has 0 bridgehead atoms. The molecule has 15 heavy (non-hydrogen) atoms. The van der Waals surface area contributed by atoms with Gasteiger partial charge in [0.1, 0.15) is 0 Å². The maximum atomic E-state index is 5.48. The minimum absolute atomic E-state index is 0.610. The maximum Gasteiger partial charge on any atom is 0.230 e. The minimum atomic E-state index is 0.610. The van der Waals surface area contributed by atoms with Crippen LogP contribution in [0.3, 0.4) is 0 Å². The average molecular weight is 210 g/mol. The zero-order chi connectivity index (χ0) is 10.7. The van der Waals surface area contributed by atoms with Gasteiger partial charge in [0.2, 0.25) is 11.8 Å². The molecule has 2 rings (SSSR count). The predicted molar refractivity (Wildman–Crippen MR) is 56.4 cm³/mol. The molecule has 1 aromatic rings. The molecule has 0 amide bonds. The van der Waals surface area contributed by atoms with Crippen molar-refractivity contribution >= 4 is 0 Å². The number of aryl methyl sites for hydroxylation is 1. The largest absolute Gasteiger partial charge is 0.424 e. The number of likely N-dealkylation sites (tertiary alicyclic amines) is 1. The Labute approximate surface area is 89.9 Å². The molecule has 0 aromatic carbocycles. The van der Waals surface area contributed by atoms with Gasteiger partial charge in [0, 0.05) is 25.6 Å². The molecule has 1 fully saturated rings. The summed E-state index contributed by atoms with van der Waals surface area (Å²) in [6.45, 7) is 4.98. The normalized spacial score (nSPS) is 22.4. The van der Waals surface area contributed by atoms with Crippen LogP contribution in [-0.4, -0.2) is 41.3 Å². The van der Waals surface area contributed by atoms with Gasteiger partial charge < -0.3 is 9.73 Å². The van der Waals surface area contributed by atoms with Crippen LogP contribution in [-0.2, 0) is 13.0 Å². The average Bonchev–Trinajstić information content (AvgIpc) is 2.87. The topological polar surface area (TPSA) is 54.2 Å². The molecule has 1 unspecified atom stereocenters. The van der Waals surface area contributed by atoms with E-state index in [4.69, 9.17) is 4.42 Å². The van der Waals surface area contributed by atoms with Crippen molar-refractivity contribution in [2.75, 3.05) is 20.1 Å². The molecule has 5 heteroatoms. The van der Waals surface area contributed by atoms with Crippen molar-refractivity contribution in [2.45, 2.75) is 32.4 Å². The smallest absolute Gasteiger partial charge is 0.230 e. The van der Waals surface area contributed by atoms with E-state index in [2.05, 4.69) is 20.4 Å². The lowest BCUT2D eigenvalue weighted by Crippen LogP contribution is -2.29. The number of rotatable bonds is 4. The molecule has 84 valence electrons. The summed E-state index contributed by atoms with van der Waals surface area (Å²) in [6.07, 6.45) is 2.01. The van der Waals surface area contributed by atoms with Crippen LogP contribution in [0.5, 0.6) is 0 Å². The Kier molecular flexibility index (Phi) is 3.33. The lowest BCUT2D eigenvalue weighted by molar-refractivity contribution is 0.280. The van der Waals surface area contributed by atoms with Crippen molar-refractivity contribution < 1.29 is 4.42 Å². The van der Waals surface area contributed by atoms with E-state index in [1.807, 2.05) is 14.0 Å². The molecular weight excluding hydrogens is 192 g/mol. The second-order valence-corrected chi connectivity index (χ2v) is 3.95. The van der Waals surface area contributed by atoms with Crippen molar-refractivity contribution in [1.29, 1.82) is 0 Å². The van der Waals surface area contributed by atoms with Crippen molar-refractivity contribution in [3.63, 3.8) is 0 Å². The SMILES string of the molecule is CCc1nnc(CN2CCC(NC)C2)o1. The Hall–Kier alpha value is -0.940. The number of hydrogen-bond acceptors (Lipinski definition) is 5. The van der Waals surface area contributed by atoms with Gasteiger partial charge in [-0.05, 0) is 13.5 Å². The van der Waals surface area contributed by atoms with Gasteiger partial charge >= 0.3 is 0 Å². The van der Waals surface area contributed by atoms with Crippen molar-refractivity contribution in [3.05, 3.63) is 11.8 Å². The van der Waals surface area contributed by atoms with Crippen LogP contribution in [0.2, 0.25) is 0 Å². The van der Waals surface area contributed by atoms with E-state index in [9.17, 15) is 0 Å². The second-order valence-electron chi connectivity index (χ2n) is 3.95. The Bertz CT molecular complexity index is 312. The van der Waals surface area contributed by atoms with E-state index in [0.717, 1.165) is 37.8 Å². The Balaban J connectivity index is 1.87. The monoisotopic (exact) mass is 210 g/mol. The van der Waals surface area contributed by atoms with Crippen molar-refractivity contribution in [3.8, 4) is 0 Å². The zero-order valence-electron chi connectivity index (χ0n) is 9.36. The quantitative estimate of drug-likeness (QED) is 0.781. The molecule has 2 heterocycles. The molecular formula is C10H18N4O. The number of nitrogens with zero attached hydrogens (tertiary/aromatic N) is 3. The highest BCUT2D eigenvalue weighted by atomic mass is 16.4. The summed E-state index contributed by atoms with van der Waals surface area (Å²) in [6, 6.07) is 0.610. The van der Waals surface area contributed by atoms with Crippen LogP contribution in [0.15, 0.2) is 4.42 Å². The highest BCUT2D eigenvalue weighted by Crippen LogP contribution is 2.12. The van der Waals surface area contributed by atoms with E-state index < -0.39 is 0 Å². The second kappa shape index (κ2) is 4.72. The van der Waals surface area contributed by atoms with Crippen LogP contribution < -0.4 is 5.32 Å². The zero-order valence-corrected chi connectivity index (χ0v) is 9.36. The molecule has 1 saturated heterocycles. The van der Waals surface area contributed by atoms with Gasteiger partial charge in [-0.25, -0.2) is 0 Å². The minimum Gasteiger partial charge on any atom is -0.424 e. The lowest BCUT2D eigenvalue weighted by atomic mass is 10.3. The predicted octanol–water partition coefficient (Wildman–Crippen LogP) is 0.426. The number of likely N-dealkylation sites (N-methyl/N-ethyl adjacent to an activating group) is 1. The Morgan fingerprint density at radius 3 is 2.87 bits per heavy atom. The first-order valence-electron chi connectivity index (χ1n) is 5.52. The summed E-state index contributed by atoms with van der Waals surface area (Å²) in [5.41, 5.74) is 0. The van der Waals surface area contributed by atoms with Gasteiger partial charge in [-0.1, -0.05) is 6.92 Å². The number of nitrogens with one attached hydrogen (secondary N) is 1. The van der Waals surface area contributed by atoms with Gasteiger partial charge in [0.25, 0.3) is 0 Å². The van der Waals surface area contributed by atoms with Crippen LogP contribution in [0, 0.1) is 0 Å². The van der Waals surface area contributed by atoms with Crippen molar-refractivity contribution in [2.24, 2.45) is 0 Å². The fourth-order valence-corrected chi connectivity index (χ4v) is 1.90. The van der Waals surface area contributed by atoms with Crippen molar-refractivity contribution in [1.82, 2.24) is 20.4 Å². The van der Waals surface area contributed by atoms with E-state index in [1.165, 1.54) is 6.42 Å². The van der Waals surface area contributed by atoms with Gasteiger partial charge in [-0.2, -0.15) is 0 Å². The van der Waals surface area contributed by atoms with Crippen LogP contribution in [0.1, 0.15) is 25.1 Å². The first kappa shape index (κ1) is 10.6. The Morgan fingerprint density at radius 1 is 1.47 bits per heavy atom. The molecule has 5 nitrogen and oxygen atoms in total. The lowest BCUT2D eigenvalue weighted by Gasteiger charge is -2.12. The first-order chi connectivity index (χ1) is 7.31. The number of hydrogen-bond donors (Lipinski definition) is 1. The standard InChI is InChI=1S/C10H18N4O/c1-3-9-12-13-10(15-9)7-14-5-4-8(6-14)11-2/h8,11H,3-7H2,1-2H3. The molecule has 0 radical (unpaired) electrons. The summed E-state index contributed by atoms with van der Waals surface area (Å²) in [7, 11) is 2.01. The third kappa shape index (κ3) is 2.54. The molecule has 1 aliphatic rings. The maximum absolute atomic E-state index is 5.48. The summed E-state index contributed by atoms with van der Waals surface area (Å²) in [4.78, 5) is 2.34. The summed E-state index contributed by atoms with van der Waals surface area (Å²) in [5, 5.41) is 11.3. The first-order valence-corrected chi connectivity index (χ1v) is 5.52. The third-order valence-corrected chi connectivity index (χ3v) is 2.85. The molecule has 1 atom stereocenters. The van der Waals surface area contributed by atoms with Gasteiger partial charge in [-0.15, -0.1) is 10.2 Å². The number of aromatic nitrogens is 2. The van der Waals surface area contributed by atoms with Gasteiger partial charge in [-0.3, -0.25) is 4.90 Å². The van der Waals surface area contributed by atoms with Gasteiger partial charge in [0.15, 0.2) is 0 Å². The van der Waals surface area contributed by atoms with Crippen LogP contribution in [0.4, 0.5) is 0 Å². The van der Waals surface area contributed by atoms with E-state index >= 15 is 0 Å². The summed E-state index contributed by atoms with van der Waals surface area (Å²) < 4.78 is 5.48. The molecule has 1 N–H and O–H groups in total. The Morgan fingerprint density at radius 2 is 2.27 bits per heavy atom. The van der Waals surface area contributed by atoms with Crippen LogP contribution in [0.25, 0.3) is 0 Å². The summed E-state index contributed by atoms with van der Waals surface area (Å²) >= 11 is 0. The van der Waals surface area contributed by atoms with Gasteiger partial charge in [0.05, 0.1) is 6.54 Å². The van der Waals surface area contributed by atoms with E-state index in [-0.39, 0.29) is 0 Å². The molecule has 1 aromatic heterocycles. The summed E-state index contributed by atoms with van der Waals surface area (Å²) in [5.74, 6) is 1.47. The highest BCUT2D eigenvalue weighted by Gasteiger charge is 2.22. The van der Waals surface area contributed by atoms with Crippen LogP contribution >= 0.6 is 0 Å². The third-order valence-electron chi connectivity index (χ3n) is 2.85. The molecule has 0 spiro atoms. The van der Waals surface area contributed by atoms with E-state index in [0.29, 0.717) is 6.04 Å². The van der Waals surface area contributed by atoms with E-state index in [1.54, 1.807) is 0 Å².